The molecule has 1 aliphatic rings. The summed E-state index contributed by atoms with van der Waals surface area (Å²) in [6.45, 7) is 0.138. The van der Waals surface area contributed by atoms with Crippen molar-refractivity contribution in [1.82, 2.24) is 4.90 Å². The van der Waals surface area contributed by atoms with Gasteiger partial charge in [0.05, 0.1) is 10.8 Å². The number of halogens is 3. The van der Waals surface area contributed by atoms with Crippen LogP contribution >= 0.6 is 0 Å². The normalized spacial score (nSPS) is 17.8. The summed E-state index contributed by atoms with van der Waals surface area (Å²) in [5.41, 5.74) is 0. The number of alkyl halides is 3. The molecule has 0 atom stereocenters. The summed E-state index contributed by atoms with van der Waals surface area (Å²) >= 11 is 0. The molecule has 124 valence electrons. The van der Waals surface area contributed by atoms with E-state index in [1.54, 1.807) is 12.1 Å². The molecular weight excluding hydrogens is 329 g/mol. The van der Waals surface area contributed by atoms with E-state index in [1.165, 1.54) is 29.2 Å². The first-order valence-electron chi connectivity index (χ1n) is 6.98. The summed E-state index contributed by atoms with van der Waals surface area (Å²) < 4.78 is 62.6. The molecule has 0 N–H and O–H groups in total. The molecule has 0 aliphatic carbocycles. The summed E-state index contributed by atoms with van der Waals surface area (Å²) in [6.07, 6.45) is -3.30. The summed E-state index contributed by atoms with van der Waals surface area (Å²) in [6, 6.07) is 9.11. The molecule has 1 heterocycles. The van der Waals surface area contributed by atoms with Crippen LogP contribution in [0, 0.1) is 17.2 Å². The van der Waals surface area contributed by atoms with Crippen LogP contribution in [-0.4, -0.2) is 32.6 Å². The lowest BCUT2D eigenvalue weighted by atomic mass is 9.97. The molecule has 0 aromatic heterocycles. The van der Waals surface area contributed by atoms with Gasteiger partial charge in [-0.05, 0) is 25.0 Å². The highest BCUT2D eigenvalue weighted by molar-refractivity contribution is 7.95. The van der Waals surface area contributed by atoms with Gasteiger partial charge in [-0.15, -0.1) is 0 Å². The predicted octanol–water partition coefficient (Wildman–Crippen LogP) is 3.10. The SMILES string of the molecule is N#CC(=CN1CCC(C(F)(F)F)CC1)S(=O)(=O)c1ccccc1. The van der Waals surface area contributed by atoms with Gasteiger partial charge >= 0.3 is 6.18 Å². The third-order valence-electron chi connectivity index (χ3n) is 3.75. The van der Waals surface area contributed by atoms with Crippen molar-refractivity contribution in [3.05, 3.63) is 41.4 Å². The Morgan fingerprint density at radius 2 is 1.78 bits per heavy atom. The van der Waals surface area contributed by atoms with E-state index in [2.05, 4.69) is 0 Å². The van der Waals surface area contributed by atoms with Gasteiger partial charge in [0.2, 0.25) is 9.84 Å². The Morgan fingerprint density at radius 1 is 1.22 bits per heavy atom. The van der Waals surface area contributed by atoms with Gasteiger partial charge in [0.1, 0.15) is 6.07 Å². The zero-order valence-electron chi connectivity index (χ0n) is 12.1. The van der Waals surface area contributed by atoms with E-state index in [0.717, 1.165) is 6.20 Å². The molecule has 0 saturated carbocycles. The zero-order chi connectivity index (χ0) is 17.1. The Kier molecular flexibility index (Phi) is 5.00. The number of rotatable bonds is 3. The second-order valence-corrected chi connectivity index (χ2v) is 7.19. The van der Waals surface area contributed by atoms with Crippen LogP contribution in [0.4, 0.5) is 13.2 Å². The molecule has 1 aliphatic heterocycles. The van der Waals surface area contributed by atoms with Crippen molar-refractivity contribution in [3.63, 3.8) is 0 Å². The topological polar surface area (TPSA) is 61.2 Å². The second kappa shape index (κ2) is 6.62. The van der Waals surface area contributed by atoms with E-state index in [9.17, 15) is 21.6 Å². The Morgan fingerprint density at radius 3 is 2.26 bits per heavy atom. The van der Waals surface area contributed by atoms with Crippen molar-refractivity contribution in [3.8, 4) is 6.07 Å². The number of hydrogen-bond donors (Lipinski definition) is 0. The minimum atomic E-state index is -4.23. The van der Waals surface area contributed by atoms with Gasteiger partial charge in [-0.2, -0.15) is 18.4 Å². The quantitative estimate of drug-likeness (QED) is 0.791. The lowest BCUT2D eigenvalue weighted by molar-refractivity contribution is -0.183. The second-order valence-electron chi connectivity index (χ2n) is 5.27. The molecule has 0 bridgehead atoms. The number of piperidine rings is 1. The molecule has 0 radical (unpaired) electrons. The largest absolute Gasteiger partial charge is 0.391 e. The zero-order valence-corrected chi connectivity index (χ0v) is 12.9. The Labute approximate surface area is 132 Å². The number of nitriles is 1. The van der Waals surface area contributed by atoms with Crippen LogP contribution in [0.25, 0.3) is 0 Å². The fourth-order valence-corrected chi connectivity index (χ4v) is 3.58. The van der Waals surface area contributed by atoms with Crippen LogP contribution in [0.15, 0.2) is 46.3 Å². The summed E-state index contributed by atoms with van der Waals surface area (Å²) in [5.74, 6) is -1.37. The van der Waals surface area contributed by atoms with Gasteiger partial charge in [-0.3, -0.25) is 0 Å². The number of sulfone groups is 1. The van der Waals surface area contributed by atoms with Crippen LogP contribution < -0.4 is 0 Å². The van der Waals surface area contributed by atoms with Crippen molar-refractivity contribution in [1.29, 1.82) is 5.26 Å². The van der Waals surface area contributed by atoms with Crippen LogP contribution in [0.1, 0.15) is 12.8 Å². The molecule has 1 fully saturated rings. The molecule has 2 rings (SSSR count). The van der Waals surface area contributed by atoms with Gasteiger partial charge in [-0.25, -0.2) is 8.42 Å². The van der Waals surface area contributed by atoms with E-state index >= 15 is 0 Å². The average Bonchev–Trinajstić information content (AvgIpc) is 2.53. The molecule has 1 saturated heterocycles. The molecule has 4 nitrogen and oxygen atoms in total. The van der Waals surface area contributed by atoms with E-state index in [1.807, 2.05) is 0 Å². The Balaban J connectivity index is 2.17. The standard InChI is InChI=1S/C15H15F3N2O2S/c16-15(17,18)12-6-8-20(9-7-12)11-14(10-19)23(21,22)13-4-2-1-3-5-13/h1-5,11-12H,6-9H2. The monoisotopic (exact) mass is 344 g/mol. The maximum atomic E-state index is 12.6. The Hall–Kier alpha value is -2.01. The van der Waals surface area contributed by atoms with Gasteiger partial charge in [0.15, 0.2) is 4.91 Å². The maximum absolute atomic E-state index is 12.6. The van der Waals surface area contributed by atoms with Gasteiger partial charge in [-0.1, -0.05) is 18.2 Å². The first-order chi connectivity index (χ1) is 10.7. The fourth-order valence-electron chi connectivity index (χ4n) is 2.41. The van der Waals surface area contributed by atoms with Crippen molar-refractivity contribution in [2.75, 3.05) is 13.1 Å². The molecule has 0 spiro atoms. The van der Waals surface area contributed by atoms with Crippen molar-refractivity contribution < 1.29 is 21.6 Å². The van der Waals surface area contributed by atoms with E-state index in [-0.39, 0.29) is 30.8 Å². The van der Waals surface area contributed by atoms with Crippen molar-refractivity contribution >= 4 is 9.84 Å². The van der Waals surface area contributed by atoms with E-state index < -0.39 is 26.8 Å². The number of likely N-dealkylation sites (tertiary alicyclic amines) is 1. The molecule has 0 unspecified atom stereocenters. The maximum Gasteiger partial charge on any atom is 0.391 e. The van der Waals surface area contributed by atoms with E-state index in [0.29, 0.717) is 0 Å². The molecule has 23 heavy (non-hydrogen) atoms. The number of nitrogens with zero attached hydrogens (tertiary/aromatic N) is 2. The van der Waals surface area contributed by atoms with Gasteiger partial charge in [0.25, 0.3) is 0 Å². The van der Waals surface area contributed by atoms with Crippen molar-refractivity contribution in [2.24, 2.45) is 5.92 Å². The van der Waals surface area contributed by atoms with Crippen LogP contribution in [0.5, 0.6) is 0 Å². The molecule has 1 aromatic carbocycles. The lowest BCUT2D eigenvalue weighted by Crippen LogP contribution is -2.36. The first-order valence-corrected chi connectivity index (χ1v) is 8.46. The number of hydrogen-bond acceptors (Lipinski definition) is 4. The summed E-state index contributed by atoms with van der Waals surface area (Å²) in [7, 11) is -3.96. The highest BCUT2D eigenvalue weighted by Gasteiger charge is 2.40. The average molecular weight is 344 g/mol. The summed E-state index contributed by atoms with van der Waals surface area (Å²) in [5, 5.41) is 9.13. The number of allylic oxidation sites excluding steroid dienone is 1. The van der Waals surface area contributed by atoms with E-state index in [4.69, 9.17) is 5.26 Å². The highest BCUT2D eigenvalue weighted by Crippen LogP contribution is 2.34. The van der Waals surface area contributed by atoms with Crippen LogP contribution in [-0.2, 0) is 9.84 Å². The third kappa shape index (κ3) is 4.05. The lowest BCUT2D eigenvalue weighted by Gasteiger charge is -2.32. The van der Waals surface area contributed by atoms with Gasteiger partial charge in [0, 0.05) is 19.3 Å². The van der Waals surface area contributed by atoms with Gasteiger partial charge < -0.3 is 4.90 Å². The smallest absolute Gasteiger partial charge is 0.376 e. The van der Waals surface area contributed by atoms with Crippen LogP contribution in [0.3, 0.4) is 0 Å². The number of benzene rings is 1. The van der Waals surface area contributed by atoms with Crippen LogP contribution in [0.2, 0.25) is 0 Å². The highest BCUT2D eigenvalue weighted by atomic mass is 32.2. The van der Waals surface area contributed by atoms with Crippen molar-refractivity contribution in [2.45, 2.75) is 23.9 Å². The molecule has 1 aromatic rings. The molecule has 0 amide bonds. The Bertz CT molecular complexity index is 713. The minimum Gasteiger partial charge on any atom is -0.376 e. The summed E-state index contributed by atoms with van der Waals surface area (Å²) in [4.78, 5) is 0.980. The third-order valence-corrected chi connectivity index (χ3v) is 5.41. The fraction of sp³-hybridized carbons (Fsp3) is 0.400. The minimum absolute atomic E-state index is 0.0158. The predicted molar refractivity (Wildman–Crippen MR) is 77.7 cm³/mol. The molecular formula is C15H15F3N2O2S. The molecule has 8 heteroatoms. The first kappa shape index (κ1) is 17.3.